The number of aliphatic hydroxyl groups is 1. The number of hydrogen-bond donors (Lipinski definition) is 1. The minimum Gasteiger partial charge on any atom is -0.387 e. The van der Waals surface area contributed by atoms with E-state index in [2.05, 4.69) is 31.9 Å². The molecule has 2 rings (SSSR count). The molecule has 0 aliphatic carbocycles. The van der Waals surface area contributed by atoms with Gasteiger partial charge < -0.3 is 5.11 Å². The molecule has 72 valence electrons. The second kappa shape index (κ2) is 3.08. The Morgan fingerprint density at radius 1 is 1.62 bits per heavy atom. The van der Waals surface area contributed by atoms with E-state index in [0.717, 1.165) is 12.1 Å². The molecule has 1 aromatic heterocycles. The van der Waals surface area contributed by atoms with E-state index >= 15 is 0 Å². The highest BCUT2D eigenvalue weighted by Crippen LogP contribution is 2.35. The Bertz CT molecular complexity index is 321. The van der Waals surface area contributed by atoms with Gasteiger partial charge in [0, 0.05) is 22.3 Å². The van der Waals surface area contributed by atoms with Crippen LogP contribution in [0.3, 0.4) is 0 Å². The maximum absolute atomic E-state index is 9.98. The van der Waals surface area contributed by atoms with E-state index in [1.807, 2.05) is 0 Å². The van der Waals surface area contributed by atoms with Gasteiger partial charge in [-0.3, -0.25) is 4.90 Å². The van der Waals surface area contributed by atoms with Gasteiger partial charge in [-0.15, -0.1) is 11.3 Å². The largest absolute Gasteiger partial charge is 0.387 e. The van der Waals surface area contributed by atoms with Crippen LogP contribution in [-0.2, 0) is 6.54 Å². The average molecular weight is 197 g/mol. The summed E-state index contributed by atoms with van der Waals surface area (Å²) in [4.78, 5) is 4.82. The molecule has 3 heteroatoms. The van der Waals surface area contributed by atoms with Gasteiger partial charge in [0.25, 0.3) is 0 Å². The quantitative estimate of drug-likeness (QED) is 0.687. The summed E-state index contributed by atoms with van der Waals surface area (Å²) in [6, 6.07) is 2.36. The summed E-state index contributed by atoms with van der Waals surface area (Å²) >= 11 is 1.80. The van der Waals surface area contributed by atoms with Gasteiger partial charge in [-0.25, -0.2) is 0 Å². The number of thiophene rings is 1. The van der Waals surface area contributed by atoms with Crippen molar-refractivity contribution in [1.82, 2.24) is 4.90 Å². The van der Waals surface area contributed by atoms with Crippen molar-refractivity contribution >= 4 is 11.3 Å². The molecule has 0 fully saturated rings. The van der Waals surface area contributed by atoms with Gasteiger partial charge in [0.05, 0.1) is 6.10 Å². The summed E-state index contributed by atoms with van der Waals surface area (Å²) in [6.07, 6.45) is -0.307. The van der Waals surface area contributed by atoms with E-state index in [1.165, 1.54) is 9.75 Å². The van der Waals surface area contributed by atoms with Crippen LogP contribution in [-0.4, -0.2) is 23.1 Å². The zero-order chi connectivity index (χ0) is 9.59. The lowest BCUT2D eigenvalue weighted by molar-refractivity contribution is 0.0550. The summed E-state index contributed by atoms with van der Waals surface area (Å²) in [5.74, 6) is 0. The third kappa shape index (κ3) is 1.41. The van der Waals surface area contributed by atoms with E-state index in [1.54, 1.807) is 11.3 Å². The van der Waals surface area contributed by atoms with Gasteiger partial charge >= 0.3 is 0 Å². The number of fused-ring (bicyclic) bond motifs is 1. The second-order valence-electron chi connectivity index (χ2n) is 3.84. The Kier molecular flexibility index (Phi) is 2.18. The number of likely N-dealkylation sites (N-methyl/N-ethyl adjacent to an activating group) is 1. The summed E-state index contributed by atoms with van der Waals surface area (Å²) in [5, 5.41) is 9.98. The first kappa shape index (κ1) is 9.19. The predicted molar refractivity (Wildman–Crippen MR) is 54.9 cm³/mol. The van der Waals surface area contributed by atoms with Crippen LogP contribution in [0.5, 0.6) is 0 Å². The van der Waals surface area contributed by atoms with Crippen molar-refractivity contribution in [2.75, 3.05) is 7.05 Å². The van der Waals surface area contributed by atoms with Crippen LogP contribution in [0.15, 0.2) is 6.07 Å². The number of rotatable bonds is 0. The van der Waals surface area contributed by atoms with E-state index in [0.29, 0.717) is 0 Å². The topological polar surface area (TPSA) is 23.5 Å². The monoisotopic (exact) mass is 197 g/mol. The molecule has 1 aromatic rings. The molecule has 1 aliphatic rings. The Morgan fingerprint density at radius 2 is 2.31 bits per heavy atom. The van der Waals surface area contributed by atoms with Crippen molar-refractivity contribution in [2.24, 2.45) is 0 Å². The molecule has 1 aliphatic heterocycles. The van der Waals surface area contributed by atoms with Crippen LogP contribution in [0.4, 0.5) is 0 Å². The van der Waals surface area contributed by atoms with Gasteiger partial charge in [-0.1, -0.05) is 0 Å². The SMILES string of the molecule is Cc1cc2c(s1)CN(C)C(C)C2O. The van der Waals surface area contributed by atoms with E-state index in [4.69, 9.17) is 0 Å². The molecule has 1 N–H and O–H groups in total. The van der Waals surface area contributed by atoms with Gasteiger partial charge in [-0.2, -0.15) is 0 Å². The van der Waals surface area contributed by atoms with Crippen molar-refractivity contribution in [2.45, 2.75) is 32.5 Å². The van der Waals surface area contributed by atoms with Gasteiger partial charge in [0.2, 0.25) is 0 Å². The maximum atomic E-state index is 9.98. The standard InChI is InChI=1S/C10H15NOS/c1-6-4-8-9(13-6)5-11(3)7(2)10(8)12/h4,7,10,12H,5H2,1-3H3. The zero-order valence-corrected chi connectivity index (χ0v) is 9.06. The lowest BCUT2D eigenvalue weighted by atomic mass is 9.98. The summed E-state index contributed by atoms with van der Waals surface area (Å²) < 4.78 is 0. The fourth-order valence-electron chi connectivity index (χ4n) is 1.83. The molecule has 2 heterocycles. The first-order valence-electron chi connectivity index (χ1n) is 4.57. The van der Waals surface area contributed by atoms with Crippen molar-refractivity contribution in [3.63, 3.8) is 0 Å². The fourth-order valence-corrected chi connectivity index (χ4v) is 2.97. The van der Waals surface area contributed by atoms with Gasteiger partial charge in [0.1, 0.15) is 0 Å². The highest BCUT2D eigenvalue weighted by molar-refractivity contribution is 7.12. The van der Waals surface area contributed by atoms with Crippen LogP contribution in [0.2, 0.25) is 0 Å². The minimum absolute atomic E-state index is 0.237. The van der Waals surface area contributed by atoms with Gasteiger partial charge in [0.15, 0.2) is 0 Å². The molecular formula is C10H15NOS. The number of hydrogen-bond acceptors (Lipinski definition) is 3. The van der Waals surface area contributed by atoms with Crippen LogP contribution in [0.25, 0.3) is 0 Å². The van der Waals surface area contributed by atoms with Crippen molar-refractivity contribution < 1.29 is 5.11 Å². The molecule has 0 spiro atoms. The molecule has 0 saturated heterocycles. The molecule has 0 radical (unpaired) electrons. The molecule has 2 nitrogen and oxygen atoms in total. The minimum atomic E-state index is -0.307. The fraction of sp³-hybridized carbons (Fsp3) is 0.600. The van der Waals surface area contributed by atoms with E-state index in [-0.39, 0.29) is 12.1 Å². The Balaban J connectivity index is 2.42. The Labute approximate surface area is 82.8 Å². The lowest BCUT2D eigenvalue weighted by Gasteiger charge is -2.33. The third-order valence-corrected chi connectivity index (χ3v) is 3.88. The number of nitrogens with zero attached hydrogens (tertiary/aromatic N) is 1. The van der Waals surface area contributed by atoms with Crippen LogP contribution >= 0.6 is 11.3 Å². The third-order valence-electron chi connectivity index (χ3n) is 2.83. The maximum Gasteiger partial charge on any atom is 0.0953 e. The van der Waals surface area contributed by atoms with Crippen molar-refractivity contribution in [3.8, 4) is 0 Å². The number of aryl methyl sites for hydroxylation is 1. The molecule has 2 unspecified atom stereocenters. The smallest absolute Gasteiger partial charge is 0.0953 e. The molecule has 0 amide bonds. The summed E-state index contributed by atoms with van der Waals surface area (Å²) in [7, 11) is 2.06. The van der Waals surface area contributed by atoms with Crippen molar-refractivity contribution in [1.29, 1.82) is 0 Å². The second-order valence-corrected chi connectivity index (χ2v) is 5.18. The van der Waals surface area contributed by atoms with Crippen molar-refractivity contribution in [3.05, 3.63) is 21.4 Å². The van der Waals surface area contributed by atoms with E-state index < -0.39 is 0 Å². The van der Waals surface area contributed by atoms with Crippen LogP contribution in [0, 0.1) is 6.92 Å². The van der Waals surface area contributed by atoms with E-state index in [9.17, 15) is 5.11 Å². The molecule has 0 bridgehead atoms. The number of aliphatic hydroxyl groups excluding tert-OH is 1. The summed E-state index contributed by atoms with van der Waals surface area (Å²) in [6.45, 7) is 5.15. The first-order valence-corrected chi connectivity index (χ1v) is 5.38. The normalized spacial score (nSPS) is 28.9. The Morgan fingerprint density at radius 3 is 3.00 bits per heavy atom. The molecule has 0 aromatic carbocycles. The van der Waals surface area contributed by atoms with Crippen LogP contribution < -0.4 is 0 Å². The highest BCUT2D eigenvalue weighted by atomic mass is 32.1. The first-order chi connectivity index (χ1) is 6.09. The highest BCUT2D eigenvalue weighted by Gasteiger charge is 2.29. The van der Waals surface area contributed by atoms with Crippen LogP contribution in [0.1, 0.15) is 28.3 Å². The molecule has 13 heavy (non-hydrogen) atoms. The Hall–Kier alpha value is -0.380. The predicted octanol–water partition coefficient (Wildman–Crippen LogP) is 1.92. The zero-order valence-electron chi connectivity index (χ0n) is 8.24. The lowest BCUT2D eigenvalue weighted by Crippen LogP contribution is -2.37. The molecule has 0 saturated carbocycles. The summed E-state index contributed by atoms with van der Waals surface area (Å²) in [5.41, 5.74) is 1.15. The average Bonchev–Trinajstić information content (AvgIpc) is 2.42. The van der Waals surface area contributed by atoms with Gasteiger partial charge in [-0.05, 0) is 32.5 Å². The molecule has 2 atom stereocenters. The molecular weight excluding hydrogens is 182 g/mol.